The van der Waals surface area contributed by atoms with Crippen molar-refractivity contribution in [2.24, 2.45) is 0 Å². The van der Waals surface area contributed by atoms with Crippen LogP contribution in [0.25, 0.3) is 0 Å². The van der Waals surface area contributed by atoms with E-state index >= 15 is 0 Å². The maximum atomic E-state index is 13.5. The predicted octanol–water partition coefficient (Wildman–Crippen LogP) is 4.06. The Morgan fingerprint density at radius 1 is 1.38 bits per heavy atom. The maximum Gasteiger partial charge on any atom is 0.165 e. The Kier molecular flexibility index (Phi) is 5.70. The van der Waals surface area contributed by atoms with Crippen LogP contribution in [0.15, 0.2) is 24.3 Å². The van der Waals surface area contributed by atoms with Crippen molar-refractivity contribution < 1.29 is 9.13 Å². The summed E-state index contributed by atoms with van der Waals surface area (Å²) in [5.74, 6) is -0.0749. The minimum atomic E-state index is -0.343. The van der Waals surface area contributed by atoms with Gasteiger partial charge in [-0.2, -0.15) is 0 Å². The van der Waals surface area contributed by atoms with Gasteiger partial charge in [-0.3, -0.25) is 0 Å². The van der Waals surface area contributed by atoms with Crippen LogP contribution in [0.4, 0.5) is 4.39 Å². The van der Waals surface area contributed by atoms with E-state index in [2.05, 4.69) is 24.1 Å². The first kappa shape index (κ1) is 15.9. The number of halogens is 1. The molecule has 1 aromatic heterocycles. The van der Waals surface area contributed by atoms with Crippen molar-refractivity contribution >= 4 is 11.3 Å². The fraction of sp³-hybridized carbons (Fsp3) is 0.438. The van der Waals surface area contributed by atoms with Crippen molar-refractivity contribution in [3.8, 4) is 5.75 Å². The van der Waals surface area contributed by atoms with Gasteiger partial charge in [0.15, 0.2) is 11.6 Å². The number of para-hydroxylation sites is 1. The molecule has 0 aliphatic rings. The molecule has 2 aromatic rings. The van der Waals surface area contributed by atoms with E-state index in [9.17, 15) is 4.39 Å². The average Bonchev–Trinajstić information content (AvgIpc) is 2.84. The number of nitrogens with zero attached hydrogens (tertiary/aromatic N) is 1. The summed E-state index contributed by atoms with van der Waals surface area (Å²) >= 11 is 1.62. The fourth-order valence-electron chi connectivity index (χ4n) is 1.83. The van der Waals surface area contributed by atoms with Crippen molar-refractivity contribution in [1.82, 2.24) is 10.3 Å². The molecule has 0 amide bonds. The van der Waals surface area contributed by atoms with Gasteiger partial charge in [0.1, 0.15) is 11.6 Å². The van der Waals surface area contributed by atoms with Gasteiger partial charge in [-0.15, -0.1) is 11.3 Å². The number of aryl methyl sites for hydroxylation is 1. The number of hydrogen-bond donors (Lipinski definition) is 1. The summed E-state index contributed by atoms with van der Waals surface area (Å²) < 4.78 is 19.0. The van der Waals surface area contributed by atoms with Crippen molar-refractivity contribution in [3.63, 3.8) is 0 Å². The molecule has 21 heavy (non-hydrogen) atoms. The Labute approximate surface area is 129 Å². The second-order valence-corrected chi connectivity index (χ2v) is 6.19. The maximum absolute atomic E-state index is 13.5. The summed E-state index contributed by atoms with van der Waals surface area (Å²) in [5, 5.41) is 4.33. The van der Waals surface area contributed by atoms with E-state index in [0.717, 1.165) is 23.7 Å². The molecule has 0 radical (unpaired) electrons. The number of thiazole rings is 1. The first-order valence-corrected chi connectivity index (χ1v) is 7.97. The highest BCUT2D eigenvalue weighted by Crippen LogP contribution is 2.21. The average molecular weight is 308 g/mol. The molecule has 1 heterocycles. The number of benzene rings is 1. The topological polar surface area (TPSA) is 34.1 Å². The van der Waals surface area contributed by atoms with Gasteiger partial charge in [-0.25, -0.2) is 9.37 Å². The van der Waals surface area contributed by atoms with E-state index in [-0.39, 0.29) is 11.6 Å². The Bertz CT molecular complexity index is 585. The highest BCUT2D eigenvalue weighted by molar-refractivity contribution is 7.11. The third kappa shape index (κ3) is 4.51. The molecule has 0 saturated heterocycles. The van der Waals surface area contributed by atoms with Gasteiger partial charge in [0.25, 0.3) is 0 Å². The van der Waals surface area contributed by atoms with Gasteiger partial charge < -0.3 is 10.1 Å². The third-order valence-corrected chi connectivity index (χ3v) is 4.48. The van der Waals surface area contributed by atoms with Gasteiger partial charge in [0, 0.05) is 17.5 Å². The summed E-state index contributed by atoms with van der Waals surface area (Å²) in [6.45, 7) is 7.44. The SMILES string of the molecule is CCC(C)NCc1sc(COc2ccccc2F)nc1C. The summed E-state index contributed by atoms with van der Waals surface area (Å²) in [7, 11) is 0. The molecule has 1 atom stereocenters. The van der Waals surface area contributed by atoms with Gasteiger partial charge in [0.05, 0.1) is 5.69 Å². The summed E-state index contributed by atoms with van der Waals surface area (Å²) in [5.41, 5.74) is 1.02. The quantitative estimate of drug-likeness (QED) is 0.837. The molecule has 114 valence electrons. The number of aromatic nitrogens is 1. The number of rotatable bonds is 7. The minimum absolute atomic E-state index is 0.268. The highest BCUT2D eigenvalue weighted by Gasteiger charge is 2.10. The molecule has 0 bridgehead atoms. The first-order chi connectivity index (χ1) is 10.1. The molecule has 0 spiro atoms. The Morgan fingerprint density at radius 2 is 2.14 bits per heavy atom. The second kappa shape index (κ2) is 7.52. The van der Waals surface area contributed by atoms with E-state index < -0.39 is 0 Å². The zero-order chi connectivity index (χ0) is 15.2. The molecule has 3 nitrogen and oxygen atoms in total. The first-order valence-electron chi connectivity index (χ1n) is 7.16. The van der Waals surface area contributed by atoms with Crippen molar-refractivity contribution in [2.75, 3.05) is 0 Å². The Balaban J connectivity index is 1.94. The lowest BCUT2D eigenvalue weighted by Gasteiger charge is -2.09. The third-order valence-electron chi connectivity index (χ3n) is 3.35. The number of nitrogens with one attached hydrogen (secondary N) is 1. The lowest BCUT2D eigenvalue weighted by atomic mass is 10.2. The molecule has 5 heteroatoms. The Hall–Kier alpha value is -1.46. The van der Waals surface area contributed by atoms with Crippen molar-refractivity contribution in [2.45, 2.75) is 46.4 Å². The van der Waals surface area contributed by atoms with Gasteiger partial charge in [-0.05, 0) is 32.4 Å². The second-order valence-electron chi connectivity index (χ2n) is 5.03. The monoisotopic (exact) mass is 308 g/mol. The molecular formula is C16H21FN2OS. The van der Waals surface area contributed by atoms with E-state index in [0.29, 0.717) is 12.6 Å². The van der Waals surface area contributed by atoms with Crippen LogP contribution < -0.4 is 10.1 Å². The molecule has 1 unspecified atom stereocenters. The molecular weight excluding hydrogens is 287 g/mol. The van der Waals surface area contributed by atoms with E-state index in [1.807, 2.05) is 6.92 Å². The van der Waals surface area contributed by atoms with Crippen LogP contribution in [-0.2, 0) is 13.2 Å². The van der Waals surface area contributed by atoms with Crippen LogP contribution in [0, 0.1) is 12.7 Å². The predicted molar refractivity (Wildman–Crippen MR) is 84.2 cm³/mol. The fourth-order valence-corrected chi connectivity index (χ4v) is 2.76. The summed E-state index contributed by atoms with van der Waals surface area (Å²) in [6, 6.07) is 6.91. The molecule has 1 aromatic carbocycles. The van der Waals surface area contributed by atoms with Crippen molar-refractivity contribution in [3.05, 3.63) is 45.7 Å². The van der Waals surface area contributed by atoms with E-state index in [1.54, 1.807) is 29.5 Å². The standard InChI is InChI=1S/C16H21FN2OS/c1-4-11(2)18-9-15-12(3)19-16(21-15)10-20-14-8-6-5-7-13(14)17/h5-8,11,18H,4,9-10H2,1-3H3. The largest absolute Gasteiger partial charge is 0.483 e. The minimum Gasteiger partial charge on any atom is -0.483 e. The molecule has 2 rings (SSSR count). The van der Waals surface area contributed by atoms with Crippen LogP contribution >= 0.6 is 11.3 Å². The van der Waals surface area contributed by atoms with Crippen LogP contribution in [-0.4, -0.2) is 11.0 Å². The summed E-state index contributed by atoms with van der Waals surface area (Å²) in [4.78, 5) is 5.70. The highest BCUT2D eigenvalue weighted by atomic mass is 32.1. The molecule has 0 saturated carbocycles. The number of hydrogen-bond acceptors (Lipinski definition) is 4. The normalized spacial score (nSPS) is 12.4. The molecule has 0 aliphatic heterocycles. The number of ether oxygens (including phenoxy) is 1. The van der Waals surface area contributed by atoms with Gasteiger partial charge in [0.2, 0.25) is 0 Å². The van der Waals surface area contributed by atoms with Crippen LogP contribution in [0.2, 0.25) is 0 Å². The zero-order valence-electron chi connectivity index (χ0n) is 12.6. The van der Waals surface area contributed by atoms with Crippen LogP contribution in [0.3, 0.4) is 0 Å². The van der Waals surface area contributed by atoms with E-state index in [4.69, 9.17) is 4.74 Å². The van der Waals surface area contributed by atoms with Crippen molar-refractivity contribution in [1.29, 1.82) is 0 Å². The van der Waals surface area contributed by atoms with E-state index in [1.165, 1.54) is 10.9 Å². The Morgan fingerprint density at radius 3 is 2.86 bits per heavy atom. The van der Waals surface area contributed by atoms with Crippen LogP contribution in [0.5, 0.6) is 5.75 Å². The smallest absolute Gasteiger partial charge is 0.165 e. The van der Waals surface area contributed by atoms with Crippen LogP contribution in [0.1, 0.15) is 35.8 Å². The zero-order valence-corrected chi connectivity index (χ0v) is 13.5. The molecule has 0 aliphatic carbocycles. The lowest BCUT2D eigenvalue weighted by molar-refractivity contribution is 0.289. The van der Waals surface area contributed by atoms with Gasteiger partial charge >= 0.3 is 0 Å². The molecule has 0 fully saturated rings. The lowest BCUT2D eigenvalue weighted by Crippen LogP contribution is -2.24. The molecule has 1 N–H and O–H groups in total. The summed E-state index contributed by atoms with van der Waals surface area (Å²) in [6.07, 6.45) is 1.10. The van der Waals surface area contributed by atoms with Gasteiger partial charge in [-0.1, -0.05) is 19.1 Å².